The lowest BCUT2D eigenvalue weighted by molar-refractivity contribution is -0.137. The fourth-order valence-electron chi connectivity index (χ4n) is 3.91. The minimum Gasteiger partial charge on any atom is -0.443 e. The first-order chi connectivity index (χ1) is 17.8. The maximum atomic E-state index is 13.7. The molecule has 0 aliphatic carbocycles. The molecule has 2 heterocycles. The summed E-state index contributed by atoms with van der Waals surface area (Å²) in [4.78, 5) is 20.4. The summed E-state index contributed by atoms with van der Waals surface area (Å²) in [6.07, 6.45) is -4.73. The monoisotopic (exact) mass is 550 g/mol. The Bertz CT molecular complexity index is 1590. The van der Waals surface area contributed by atoms with Crippen LogP contribution in [-0.2, 0) is 21.0 Å². The van der Waals surface area contributed by atoms with E-state index in [1.807, 2.05) is 0 Å². The van der Waals surface area contributed by atoms with Crippen LogP contribution in [0.3, 0.4) is 0 Å². The van der Waals surface area contributed by atoms with E-state index >= 15 is 0 Å². The van der Waals surface area contributed by atoms with Crippen LogP contribution < -0.4 is 5.32 Å². The number of rotatable bonds is 7. The average Bonchev–Trinajstić information content (AvgIpc) is 3.27. The second-order valence-electron chi connectivity index (χ2n) is 8.68. The summed E-state index contributed by atoms with van der Waals surface area (Å²) in [5, 5.41) is 2.33. The standard InChI is InChI=1S/C25H22F4N4O4S/c1-14(2)33(38(35,36)23-11-17-10-19(26)8-9-22(17)37-23)24(32-15(3)34)21-12-20(30-13-31-21)16-4-6-18(7-5-16)25(27,28)29/h4-14,24H,1-3H3,(H,32,34). The molecule has 1 N–H and O–H groups in total. The number of nitrogens with one attached hydrogen (secondary N) is 1. The molecule has 0 aliphatic heterocycles. The minimum atomic E-state index is -4.51. The largest absolute Gasteiger partial charge is 0.443 e. The number of alkyl halides is 3. The fraction of sp³-hybridized carbons (Fsp3) is 0.240. The molecule has 1 amide bonds. The van der Waals surface area contributed by atoms with Gasteiger partial charge in [0.2, 0.25) is 11.0 Å². The Hall–Kier alpha value is -3.84. The molecule has 13 heteroatoms. The first-order valence-corrected chi connectivity index (χ1v) is 12.7. The molecule has 0 radical (unpaired) electrons. The number of sulfonamides is 1. The van der Waals surface area contributed by atoms with Gasteiger partial charge < -0.3 is 9.73 Å². The maximum absolute atomic E-state index is 13.7. The topological polar surface area (TPSA) is 105 Å². The average molecular weight is 551 g/mol. The molecule has 8 nitrogen and oxygen atoms in total. The number of carbonyl (C=O) groups excluding carboxylic acids is 1. The number of amides is 1. The number of hydrogen-bond acceptors (Lipinski definition) is 6. The zero-order chi connectivity index (χ0) is 27.8. The summed E-state index contributed by atoms with van der Waals surface area (Å²) in [6.45, 7) is 4.35. The van der Waals surface area contributed by atoms with Crippen LogP contribution in [-0.4, -0.2) is 34.6 Å². The molecular weight excluding hydrogens is 528 g/mol. The van der Waals surface area contributed by atoms with Crippen LogP contribution in [0.5, 0.6) is 0 Å². The van der Waals surface area contributed by atoms with Crippen LogP contribution in [0, 0.1) is 5.82 Å². The molecule has 200 valence electrons. The van der Waals surface area contributed by atoms with Gasteiger partial charge in [-0.2, -0.15) is 17.5 Å². The summed E-state index contributed by atoms with van der Waals surface area (Å²) >= 11 is 0. The van der Waals surface area contributed by atoms with Gasteiger partial charge in [-0.3, -0.25) is 4.79 Å². The number of hydrogen-bond donors (Lipinski definition) is 1. The lowest BCUT2D eigenvalue weighted by Crippen LogP contribution is -2.47. The second-order valence-corrected chi connectivity index (χ2v) is 10.5. The van der Waals surface area contributed by atoms with Crippen LogP contribution in [0.4, 0.5) is 17.6 Å². The highest BCUT2D eigenvalue weighted by molar-refractivity contribution is 7.89. The number of furan rings is 1. The van der Waals surface area contributed by atoms with Gasteiger partial charge in [0.05, 0.1) is 17.0 Å². The molecular formula is C25H22F4N4O4S. The van der Waals surface area contributed by atoms with Crippen molar-refractivity contribution in [2.45, 2.75) is 44.2 Å². The van der Waals surface area contributed by atoms with E-state index in [9.17, 15) is 30.8 Å². The summed E-state index contributed by atoms with van der Waals surface area (Å²) in [7, 11) is -4.42. The Morgan fingerprint density at radius 1 is 1.03 bits per heavy atom. The van der Waals surface area contributed by atoms with Gasteiger partial charge in [-0.25, -0.2) is 22.8 Å². The number of benzene rings is 2. The molecule has 38 heavy (non-hydrogen) atoms. The van der Waals surface area contributed by atoms with Crippen LogP contribution in [0.15, 0.2) is 70.4 Å². The fourth-order valence-corrected chi connectivity index (χ4v) is 5.58. The Balaban J connectivity index is 1.79. The van der Waals surface area contributed by atoms with Gasteiger partial charge in [0, 0.05) is 30.0 Å². The zero-order valence-electron chi connectivity index (χ0n) is 20.3. The molecule has 1 atom stereocenters. The molecule has 4 rings (SSSR count). The lowest BCUT2D eigenvalue weighted by Gasteiger charge is -2.33. The van der Waals surface area contributed by atoms with Crippen molar-refractivity contribution in [3.8, 4) is 11.3 Å². The van der Waals surface area contributed by atoms with Crippen LogP contribution in [0.2, 0.25) is 0 Å². The summed E-state index contributed by atoms with van der Waals surface area (Å²) < 4.78 is 86.5. The van der Waals surface area contributed by atoms with Gasteiger partial charge in [-0.1, -0.05) is 12.1 Å². The Labute approximate surface area is 215 Å². The number of halogens is 4. The number of fused-ring (bicyclic) bond motifs is 1. The third-order valence-electron chi connectivity index (χ3n) is 5.57. The molecule has 2 aromatic heterocycles. The van der Waals surface area contributed by atoms with E-state index in [4.69, 9.17) is 4.42 Å². The van der Waals surface area contributed by atoms with Crippen molar-refractivity contribution < 1.29 is 35.2 Å². The zero-order valence-corrected chi connectivity index (χ0v) is 21.1. The molecule has 0 saturated heterocycles. The minimum absolute atomic E-state index is 0.0597. The van der Waals surface area contributed by atoms with Crippen LogP contribution >= 0.6 is 0 Å². The SMILES string of the molecule is CC(=O)NC(c1cc(-c2ccc(C(F)(F)F)cc2)ncn1)N(C(C)C)S(=O)(=O)c1cc2cc(F)ccc2o1. The number of carbonyl (C=O) groups is 1. The highest BCUT2D eigenvalue weighted by atomic mass is 32.2. The predicted molar refractivity (Wildman–Crippen MR) is 129 cm³/mol. The predicted octanol–water partition coefficient (Wildman–Crippen LogP) is 5.28. The van der Waals surface area contributed by atoms with Crippen LogP contribution in [0.1, 0.15) is 38.2 Å². The summed E-state index contributed by atoms with van der Waals surface area (Å²) in [5.74, 6) is -1.15. The Morgan fingerprint density at radius 3 is 2.32 bits per heavy atom. The molecule has 1 unspecified atom stereocenters. The van der Waals surface area contributed by atoms with Crippen molar-refractivity contribution in [1.29, 1.82) is 0 Å². The van der Waals surface area contributed by atoms with Crippen molar-refractivity contribution in [1.82, 2.24) is 19.6 Å². The van der Waals surface area contributed by atoms with E-state index in [0.717, 1.165) is 34.9 Å². The van der Waals surface area contributed by atoms with Gasteiger partial charge in [0.25, 0.3) is 10.0 Å². The quantitative estimate of drug-likeness (QED) is 0.248. The van der Waals surface area contributed by atoms with Crippen molar-refractivity contribution >= 4 is 26.9 Å². The molecule has 0 aliphatic rings. The molecule has 0 saturated carbocycles. The molecule has 0 spiro atoms. The third-order valence-corrected chi connectivity index (χ3v) is 7.46. The first kappa shape index (κ1) is 27.2. The van der Waals surface area contributed by atoms with E-state index in [1.165, 1.54) is 37.3 Å². The molecule has 2 aromatic carbocycles. The highest BCUT2D eigenvalue weighted by Gasteiger charge is 2.38. The van der Waals surface area contributed by atoms with Gasteiger partial charge in [-0.05, 0) is 50.2 Å². The second kappa shape index (κ2) is 10.1. The normalized spacial score (nSPS) is 13.3. The van der Waals surface area contributed by atoms with E-state index in [0.29, 0.717) is 5.56 Å². The third kappa shape index (κ3) is 5.53. The van der Waals surface area contributed by atoms with Crippen molar-refractivity contribution in [2.75, 3.05) is 0 Å². The van der Waals surface area contributed by atoms with Gasteiger partial charge in [0.1, 0.15) is 23.9 Å². The number of nitrogens with zero attached hydrogens (tertiary/aromatic N) is 3. The highest BCUT2D eigenvalue weighted by Crippen LogP contribution is 2.33. The van der Waals surface area contributed by atoms with Crippen molar-refractivity contribution in [3.05, 3.63) is 78.0 Å². The Morgan fingerprint density at radius 2 is 1.71 bits per heavy atom. The maximum Gasteiger partial charge on any atom is 0.416 e. The van der Waals surface area contributed by atoms with E-state index < -0.39 is 50.8 Å². The van der Waals surface area contributed by atoms with Gasteiger partial charge >= 0.3 is 6.18 Å². The molecule has 0 bridgehead atoms. The first-order valence-electron chi connectivity index (χ1n) is 11.3. The lowest BCUT2D eigenvalue weighted by atomic mass is 10.1. The van der Waals surface area contributed by atoms with E-state index in [1.54, 1.807) is 13.8 Å². The molecule has 0 fully saturated rings. The van der Waals surface area contributed by atoms with Gasteiger partial charge in [0.15, 0.2) is 0 Å². The number of aromatic nitrogens is 2. The van der Waals surface area contributed by atoms with Crippen LogP contribution in [0.25, 0.3) is 22.2 Å². The van der Waals surface area contributed by atoms with E-state index in [2.05, 4.69) is 15.3 Å². The smallest absolute Gasteiger partial charge is 0.416 e. The summed E-state index contributed by atoms with van der Waals surface area (Å²) in [5.41, 5.74) is -0.101. The molecule has 4 aromatic rings. The van der Waals surface area contributed by atoms with Gasteiger partial charge in [-0.15, -0.1) is 0 Å². The Kier molecular flexibility index (Phi) is 7.26. The van der Waals surface area contributed by atoms with Crippen molar-refractivity contribution in [2.24, 2.45) is 0 Å². The van der Waals surface area contributed by atoms with E-state index in [-0.39, 0.29) is 22.4 Å². The summed E-state index contributed by atoms with van der Waals surface area (Å²) in [6, 6.07) is 9.65. The van der Waals surface area contributed by atoms with Crippen molar-refractivity contribution in [3.63, 3.8) is 0 Å².